The SMILES string of the molecule is Cc1ccc([C@H](C)N[C@H](CC(C)C)C(C)(C)C)cc1S(N)(=O)=O. The largest absolute Gasteiger partial charge is 0.307 e. The molecule has 0 heterocycles. The minimum atomic E-state index is -3.69. The van der Waals surface area contributed by atoms with Crippen molar-refractivity contribution in [2.45, 2.75) is 71.9 Å². The molecule has 0 fully saturated rings. The van der Waals surface area contributed by atoms with Crippen molar-refractivity contribution in [2.24, 2.45) is 16.5 Å². The van der Waals surface area contributed by atoms with Gasteiger partial charge in [0.1, 0.15) is 0 Å². The summed E-state index contributed by atoms with van der Waals surface area (Å²) in [5.74, 6) is 0.594. The van der Waals surface area contributed by atoms with Gasteiger partial charge in [0, 0.05) is 12.1 Å². The molecule has 3 N–H and O–H groups in total. The minimum Gasteiger partial charge on any atom is -0.307 e. The fourth-order valence-corrected chi connectivity index (χ4v) is 3.55. The van der Waals surface area contributed by atoms with Gasteiger partial charge in [0.05, 0.1) is 4.90 Å². The molecule has 0 aliphatic carbocycles. The van der Waals surface area contributed by atoms with Gasteiger partial charge in [0.25, 0.3) is 0 Å². The summed E-state index contributed by atoms with van der Waals surface area (Å²) in [6.45, 7) is 14.9. The second-order valence-corrected chi connectivity index (χ2v) is 9.54. The van der Waals surface area contributed by atoms with E-state index in [9.17, 15) is 8.42 Å². The van der Waals surface area contributed by atoms with Crippen LogP contribution in [-0.2, 0) is 10.0 Å². The molecule has 0 unspecified atom stereocenters. The quantitative estimate of drug-likeness (QED) is 0.828. The Kier molecular flexibility index (Phi) is 6.41. The highest BCUT2D eigenvalue weighted by Crippen LogP contribution is 2.28. The van der Waals surface area contributed by atoms with Gasteiger partial charge in [-0.15, -0.1) is 0 Å². The van der Waals surface area contributed by atoms with Crippen LogP contribution in [0.5, 0.6) is 0 Å². The van der Waals surface area contributed by atoms with Gasteiger partial charge in [-0.2, -0.15) is 0 Å². The van der Waals surface area contributed by atoms with Crippen molar-refractivity contribution < 1.29 is 8.42 Å². The molecule has 0 bridgehead atoms. The summed E-state index contributed by atoms with van der Waals surface area (Å²) < 4.78 is 23.4. The molecule has 1 aromatic rings. The van der Waals surface area contributed by atoms with E-state index in [0.29, 0.717) is 17.5 Å². The predicted octanol–water partition coefficient (Wildman–Crippen LogP) is 3.75. The number of benzene rings is 1. The van der Waals surface area contributed by atoms with Gasteiger partial charge in [-0.05, 0) is 48.8 Å². The third-order valence-electron chi connectivity index (χ3n) is 4.22. The third-order valence-corrected chi connectivity index (χ3v) is 5.28. The summed E-state index contributed by atoms with van der Waals surface area (Å²) in [5, 5.41) is 8.98. The van der Waals surface area contributed by atoms with Crippen molar-refractivity contribution in [1.29, 1.82) is 0 Å². The number of nitrogens with two attached hydrogens (primary N) is 1. The van der Waals surface area contributed by atoms with Gasteiger partial charge in [-0.25, -0.2) is 13.6 Å². The summed E-state index contributed by atoms with van der Waals surface area (Å²) in [5.41, 5.74) is 1.75. The van der Waals surface area contributed by atoms with E-state index in [1.54, 1.807) is 13.0 Å². The maximum absolute atomic E-state index is 11.7. The highest BCUT2D eigenvalue weighted by Gasteiger charge is 2.27. The average Bonchev–Trinajstić information content (AvgIpc) is 2.35. The number of hydrogen-bond donors (Lipinski definition) is 2. The molecule has 0 aromatic heterocycles. The lowest BCUT2D eigenvalue weighted by Gasteiger charge is -2.35. The lowest BCUT2D eigenvalue weighted by molar-refractivity contribution is 0.218. The molecule has 0 saturated carbocycles. The standard InChI is InChI=1S/C18H32N2O2S/c1-12(2)10-17(18(5,6)7)20-14(4)15-9-8-13(3)16(11-15)23(19,21)22/h8-9,11-12,14,17,20H,10H2,1-7H3,(H2,19,21,22)/t14-,17+/m0/s1. The van der Waals surface area contributed by atoms with Gasteiger partial charge in [-0.3, -0.25) is 0 Å². The number of sulfonamides is 1. The predicted molar refractivity (Wildman–Crippen MR) is 96.8 cm³/mol. The average molecular weight is 341 g/mol. The Morgan fingerprint density at radius 2 is 1.74 bits per heavy atom. The molecule has 0 saturated heterocycles. The van der Waals surface area contributed by atoms with E-state index < -0.39 is 10.0 Å². The fraction of sp³-hybridized carbons (Fsp3) is 0.667. The van der Waals surface area contributed by atoms with Crippen LogP contribution in [0.25, 0.3) is 0 Å². The van der Waals surface area contributed by atoms with Gasteiger partial charge in [0.15, 0.2) is 0 Å². The zero-order valence-electron chi connectivity index (χ0n) is 15.5. The Hall–Kier alpha value is -0.910. The number of hydrogen-bond acceptors (Lipinski definition) is 3. The van der Waals surface area contributed by atoms with E-state index in [0.717, 1.165) is 12.0 Å². The van der Waals surface area contributed by atoms with Crippen molar-refractivity contribution in [3.63, 3.8) is 0 Å². The molecule has 0 aliphatic heterocycles. The van der Waals surface area contributed by atoms with E-state index >= 15 is 0 Å². The topological polar surface area (TPSA) is 72.2 Å². The van der Waals surface area contributed by atoms with Crippen molar-refractivity contribution in [1.82, 2.24) is 5.32 Å². The molecule has 132 valence electrons. The lowest BCUT2D eigenvalue weighted by Crippen LogP contribution is -2.42. The van der Waals surface area contributed by atoms with E-state index in [-0.39, 0.29) is 16.4 Å². The molecule has 0 radical (unpaired) electrons. The summed E-state index contributed by atoms with van der Waals surface area (Å²) >= 11 is 0. The van der Waals surface area contributed by atoms with Crippen molar-refractivity contribution >= 4 is 10.0 Å². The first-order chi connectivity index (χ1) is 10.3. The Balaban J connectivity index is 3.07. The molecule has 4 nitrogen and oxygen atoms in total. The number of rotatable bonds is 6. The number of nitrogens with one attached hydrogen (secondary N) is 1. The van der Waals surface area contributed by atoms with Crippen LogP contribution in [0.2, 0.25) is 0 Å². The Labute approximate surface area is 141 Å². The van der Waals surface area contributed by atoms with Gasteiger partial charge >= 0.3 is 0 Å². The second kappa shape index (κ2) is 7.32. The van der Waals surface area contributed by atoms with Crippen LogP contribution >= 0.6 is 0 Å². The van der Waals surface area contributed by atoms with Gasteiger partial charge in [-0.1, -0.05) is 46.8 Å². The molecule has 2 atom stereocenters. The van der Waals surface area contributed by atoms with Crippen LogP contribution in [0, 0.1) is 18.3 Å². The van der Waals surface area contributed by atoms with Crippen molar-refractivity contribution in [3.05, 3.63) is 29.3 Å². The molecular weight excluding hydrogens is 308 g/mol. The molecule has 0 aliphatic rings. The van der Waals surface area contributed by atoms with Crippen LogP contribution < -0.4 is 10.5 Å². The zero-order chi connectivity index (χ0) is 18.0. The minimum absolute atomic E-state index is 0.0547. The van der Waals surface area contributed by atoms with Crippen LogP contribution in [0.15, 0.2) is 23.1 Å². The zero-order valence-corrected chi connectivity index (χ0v) is 16.3. The summed E-state index contributed by atoms with van der Waals surface area (Å²) in [7, 11) is -3.69. The second-order valence-electron chi connectivity index (χ2n) is 8.01. The van der Waals surface area contributed by atoms with Crippen LogP contribution in [0.3, 0.4) is 0 Å². The van der Waals surface area contributed by atoms with Crippen molar-refractivity contribution in [3.8, 4) is 0 Å². The van der Waals surface area contributed by atoms with Gasteiger partial charge < -0.3 is 5.32 Å². The third kappa shape index (κ3) is 5.90. The normalized spacial score (nSPS) is 15.7. The monoisotopic (exact) mass is 340 g/mol. The maximum Gasteiger partial charge on any atom is 0.238 e. The Morgan fingerprint density at radius 3 is 2.17 bits per heavy atom. The van der Waals surface area contributed by atoms with Crippen molar-refractivity contribution in [2.75, 3.05) is 0 Å². The first-order valence-corrected chi connectivity index (χ1v) is 9.76. The Morgan fingerprint density at radius 1 is 1.17 bits per heavy atom. The van der Waals surface area contributed by atoms with E-state index in [4.69, 9.17) is 5.14 Å². The first kappa shape index (κ1) is 20.1. The van der Waals surface area contributed by atoms with E-state index in [2.05, 4.69) is 46.9 Å². The summed E-state index contributed by atoms with van der Waals surface area (Å²) in [4.78, 5) is 0.208. The van der Waals surface area contributed by atoms with Crippen LogP contribution in [-0.4, -0.2) is 14.5 Å². The summed E-state index contributed by atoms with van der Waals surface area (Å²) in [6.07, 6.45) is 1.07. The fourth-order valence-electron chi connectivity index (χ4n) is 2.73. The molecule has 23 heavy (non-hydrogen) atoms. The molecule has 5 heteroatoms. The Bertz CT molecular complexity index is 631. The van der Waals surface area contributed by atoms with E-state index in [1.807, 2.05) is 12.1 Å². The van der Waals surface area contributed by atoms with Crippen LogP contribution in [0.1, 0.15) is 65.1 Å². The highest BCUT2D eigenvalue weighted by atomic mass is 32.2. The summed E-state index contributed by atoms with van der Waals surface area (Å²) in [6, 6.07) is 5.88. The highest BCUT2D eigenvalue weighted by molar-refractivity contribution is 7.89. The van der Waals surface area contributed by atoms with E-state index in [1.165, 1.54) is 0 Å². The molecular formula is C18H32N2O2S. The number of aryl methyl sites for hydroxylation is 1. The molecule has 1 aromatic carbocycles. The smallest absolute Gasteiger partial charge is 0.238 e. The number of primary sulfonamides is 1. The maximum atomic E-state index is 11.7. The molecule has 1 rings (SSSR count). The first-order valence-electron chi connectivity index (χ1n) is 8.21. The lowest BCUT2D eigenvalue weighted by atomic mass is 9.81. The molecule has 0 spiro atoms. The van der Waals surface area contributed by atoms with Crippen LogP contribution in [0.4, 0.5) is 0 Å². The molecule has 0 amide bonds. The van der Waals surface area contributed by atoms with Gasteiger partial charge in [0.2, 0.25) is 10.0 Å².